The van der Waals surface area contributed by atoms with Crippen molar-refractivity contribution < 1.29 is 27.7 Å². The summed E-state index contributed by atoms with van der Waals surface area (Å²) in [4.78, 5) is 34.6. The van der Waals surface area contributed by atoms with Crippen molar-refractivity contribution in [3.8, 4) is 0 Å². The van der Waals surface area contributed by atoms with Crippen LogP contribution in [0.4, 0.5) is 11.4 Å². The maximum atomic E-state index is 12.6. The van der Waals surface area contributed by atoms with Gasteiger partial charge >= 0.3 is 5.97 Å². The van der Waals surface area contributed by atoms with Crippen LogP contribution in [-0.2, 0) is 19.6 Å². The first-order chi connectivity index (χ1) is 14.8. The Labute approximate surface area is 179 Å². The highest BCUT2D eigenvalue weighted by molar-refractivity contribution is 7.89. The average molecular weight is 447 g/mol. The minimum absolute atomic E-state index is 0.0131. The second kappa shape index (κ2) is 9.67. The van der Waals surface area contributed by atoms with Crippen LogP contribution in [0.15, 0.2) is 53.4 Å². The number of ether oxygens (including phenoxy) is 1. The molecule has 1 fully saturated rings. The van der Waals surface area contributed by atoms with Crippen molar-refractivity contribution in [1.29, 1.82) is 0 Å². The van der Waals surface area contributed by atoms with E-state index in [-0.39, 0.29) is 21.8 Å². The molecule has 0 unspecified atom stereocenters. The maximum Gasteiger partial charge on any atom is 0.338 e. The van der Waals surface area contributed by atoms with Gasteiger partial charge in [0.25, 0.3) is 11.6 Å². The first-order valence-corrected chi connectivity index (χ1v) is 11.0. The zero-order valence-electron chi connectivity index (χ0n) is 16.5. The molecular weight excluding hydrogens is 426 g/mol. The Kier molecular flexibility index (Phi) is 6.98. The summed E-state index contributed by atoms with van der Waals surface area (Å²) in [5, 5.41) is 13.3. The maximum absolute atomic E-state index is 12.6. The van der Waals surface area contributed by atoms with E-state index in [0.29, 0.717) is 13.1 Å². The van der Waals surface area contributed by atoms with Crippen LogP contribution >= 0.6 is 0 Å². The molecule has 31 heavy (non-hydrogen) atoms. The molecule has 1 aliphatic rings. The van der Waals surface area contributed by atoms with Crippen molar-refractivity contribution >= 4 is 33.3 Å². The lowest BCUT2D eigenvalue weighted by molar-refractivity contribution is -0.383. The lowest BCUT2D eigenvalue weighted by atomic mass is 10.2. The molecule has 3 rings (SSSR count). The number of piperidine rings is 1. The van der Waals surface area contributed by atoms with Crippen molar-refractivity contribution in [2.24, 2.45) is 0 Å². The minimum atomic E-state index is -3.61. The molecule has 0 bridgehead atoms. The fraction of sp³-hybridized carbons (Fsp3) is 0.300. The van der Waals surface area contributed by atoms with Gasteiger partial charge in [-0.3, -0.25) is 14.9 Å². The standard InChI is InChI=1S/C20H21N3O7S/c24-19(21-17-6-2-3-7-18(17)23(26)27)14-30-20(25)15-8-10-16(11-9-15)31(28,29)22-12-4-1-5-13-22/h2-3,6-11H,1,4-5,12-14H2,(H,21,24). The third-order valence-electron chi connectivity index (χ3n) is 4.75. The minimum Gasteiger partial charge on any atom is -0.452 e. The number of nitrogens with zero attached hydrogens (tertiary/aromatic N) is 2. The lowest BCUT2D eigenvalue weighted by Crippen LogP contribution is -2.35. The highest BCUT2D eigenvalue weighted by Gasteiger charge is 2.26. The number of hydrogen-bond acceptors (Lipinski definition) is 7. The number of anilines is 1. The number of amides is 1. The Morgan fingerprint density at radius 1 is 1.03 bits per heavy atom. The van der Waals surface area contributed by atoms with E-state index >= 15 is 0 Å². The van der Waals surface area contributed by atoms with Crippen molar-refractivity contribution in [1.82, 2.24) is 4.31 Å². The van der Waals surface area contributed by atoms with Gasteiger partial charge in [-0.1, -0.05) is 18.6 Å². The summed E-state index contributed by atoms with van der Waals surface area (Å²) in [7, 11) is -3.61. The van der Waals surface area contributed by atoms with Gasteiger partial charge in [-0.15, -0.1) is 0 Å². The number of nitro benzene ring substituents is 1. The molecule has 1 aliphatic heterocycles. The Morgan fingerprint density at radius 2 is 1.68 bits per heavy atom. The summed E-state index contributed by atoms with van der Waals surface area (Å²) in [6.07, 6.45) is 2.64. The van der Waals surface area contributed by atoms with E-state index in [4.69, 9.17) is 4.74 Å². The number of nitro groups is 1. The number of para-hydroxylation sites is 2. The second-order valence-electron chi connectivity index (χ2n) is 6.89. The van der Waals surface area contributed by atoms with Gasteiger partial charge in [-0.25, -0.2) is 13.2 Å². The van der Waals surface area contributed by atoms with Gasteiger partial charge in [0.15, 0.2) is 6.61 Å². The van der Waals surface area contributed by atoms with E-state index in [1.165, 1.54) is 52.8 Å². The van der Waals surface area contributed by atoms with E-state index in [9.17, 15) is 28.1 Å². The van der Waals surface area contributed by atoms with Gasteiger partial charge in [-0.2, -0.15) is 4.31 Å². The molecule has 11 heteroatoms. The second-order valence-corrected chi connectivity index (χ2v) is 8.83. The molecule has 1 saturated heterocycles. The lowest BCUT2D eigenvalue weighted by Gasteiger charge is -2.25. The predicted octanol–water partition coefficient (Wildman–Crippen LogP) is 2.56. The molecule has 0 atom stereocenters. The Hall–Kier alpha value is -3.31. The molecule has 164 valence electrons. The monoisotopic (exact) mass is 447 g/mol. The molecule has 0 radical (unpaired) electrons. The summed E-state index contributed by atoms with van der Waals surface area (Å²) < 4.78 is 31.6. The number of benzene rings is 2. The number of hydrogen-bond donors (Lipinski definition) is 1. The summed E-state index contributed by atoms with van der Waals surface area (Å²) in [6.45, 7) is 0.292. The molecule has 0 aromatic heterocycles. The Morgan fingerprint density at radius 3 is 2.32 bits per heavy atom. The van der Waals surface area contributed by atoms with E-state index < -0.39 is 33.4 Å². The van der Waals surface area contributed by atoms with Crippen LogP contribution in [0.25, 0.3) is 0 Å². The van der Waals surface area contributed by atoms with Crippen molar-refractivity contribution in [2.45, 2.75) is 24.2 Å². The van der Waals surface area contributed by atoms with Gasteiger partial charge in [-0.05, 0) is 43.2 Å². The van der Waals surface area contributed by atoms with Crippen molar-refractivity contribution in [3.63, 3.8) is 0 Å². The fourth-order valence-corrected chi connectivity index (χ4v) is 4.67. The van der Waals surface area contributed by atoms with Crippen LogP contribution in [0, 0.1) is 10.1 Å². The van der Waals surface area contributed by atoms with E-state index in [1.54, 1.807) is 0 Å². The third kappa shape index (κ3) is 5.44. The number of esters is 1. The predicted molar refractivity (Wildman–Crippen MR) is 111 cm³/mol. The van der Waals surface area contributed by atoms with Gasteiger partial charge in [0, 0.05) is 19.2 Å². The molecule has 0 spiro atoms. The van der Waals surface area contributed by atoms with Crippen molar-refractivity contribution in [3.05, 3.63) is 64.2 Å². The van der Waals surface area contributed by atoms with Crippen LogP contribution in [0.2, 0.25) is 0 Å². The highest BCUT2D eigenvalue weighted by atomic mass is 32.2. The Bertz CT molecular complexity index is 1080. The molecule has 10 nitrogen and oxygen atoms in total. The molecule has 0 saturated carbocycles. The summed E-state index contributed by atoms with van der Waals surface area (Å²) in [5.74, 6) is -1.56. The number of carbonyl (C=O) groups is 2. The van der Waals surface area contributed by atoms with Gasteiger partial charge in [0.2, 0.25) is 10.0 Å². The molecular formula is C20H21N3O7S. The molecule has 1 heterocycles. The highest BCUT2D eigenvalue weighted by Crippen LogP contribution is 2.23. The Balaban J connectivity index is 1.58. The number of rotatable bonds is 7. The average Bonchev–Trinajstić information content (AvgIpc) is 2.78. The van der Waals surface area contributed by atoms with Crippen LogP contribution in [-0.4, -0.2) is 49.2 Å². The van der Waals surface area contributed by atoms with Crippen LogP contribution in [0.1, 0.15) is 29.6 Å². The normalized spacial score (nSPS) is 14.6. The summed E-state index contributed by atoms with van der Waals surface area (Å²) in [5.41, 5.74) is -0.218. The number of sulfonamides is 1. The largest absolute Gasteiger partial charge is 0.452 e. The van der Waals surface area contributed by atoms with Gasteiger partial charge in [0.05, 0.1) is 15.4 Å². The van der Waals surface area contributed by atoms with Crippen LogP contribution in [0.5, 0.6) is 0 Å². The van der Waals surface area contributed by atoms with E-state index in [2.05, 4.69) is 5.32 Å². The topological polar surface area (TPSA) is 136 Å². The summed E-state index contributed by atoms with van der Waals surface area (Å²) in [6, 6.07) is 10.9. The summed E-state index contributed by atoms with van der Waals surface area (Å²) >= 11 is 0. The van der Waals surface area contributed by atoms with Crippen LogP contribution < -0.4 is 5.32 Å². The SMILES string of the molecule is O=C(COC(=O)c1ccc(S(=O)(=O)N2CCCCC2)cc1)Nc1ccccc1[N+](=O)[O-]. The molecule has 0 aliphatic carbocycles. The smallest absolute Gasteiger partial charge is 0.338 e. The quantitative estimate of drug-likeness (QED) is 0.391. The molecule has 2 aromatic carbocycles. The molecule has 1 amide bonds. The molecule has 1 N–H and O–H groups in total. The first kappa shape index (κ1) is 22.4. The molecule has 2 aromatic rings. The van der Waals surface area contributed by atoms with Gasteiger partial charge < -0.3 is 10.1 Å². The number of carbonyl (C=O) groups excluding carboxylic acids is 2. The zero-order chi connectivity index (χ0) is 22.4. The van der Waals surface area contributed by atoms with Crippen LogP contribution in [0.3, 0.4) is 0 Å². The third-order valence-corrected chi connectivity index (χ3v) is 6.66. The first-order valence-electron chi connectivity index (χ1n) is 9.59. The van der Waals surface area contributed by atoms with Gasteiger partial charge in [0.1, 0.15) is 5.69 Å². The van der Waals surface area contributed by atoms with Crippen molar-refractivity contribution in [2.75, 3.05) is 25.0 Å². The fourth-order valence-electron chi connectivity index (χ4n) is 3.16. The van der Waals surface area contributed by atoms with E-state index in [0.717, 1.165) is 19.3 Å². The number of nitrogens with one attached hydrogen (secondary N) is 1. The zero-order valence-corrected chi connectivity index (χ0v) is 17.3. The van der Waals surface area contributed by atoms with E-state index in [1.807, 2.05) is 0 Å².